The number of aliphatic hydroxyl groups is 1. The average molecular weight is 187 g/mol. The lowest BCUT2D eigenvalue weighted by atomic mass is 9.95. The first-order valence-electron chi connectivity index (χ1n) is 4.84. The van der Waals surface area contributed by atoms with Gasteiger partial charge in [-0.25, -0.2) is 0 Å². The molecular formula is C10H21NO2. The Morgan fingerprint density at radius 3 is 2.54 bits per heavy atom. The molecule has 0 radical (unpaired) electrons. The SMILES string of the molecule is C[C@H](C/C=N\O)CCCC(C)(C)O. The molecule has 3 nitrogen and oxygen atoms in total. The van der Waals surface area contributed by atoms with Crippen molar-refractivity contribution in [3.63, 3.8) is 0 Å². The van der Waals surface area contributed by atoms with Gasteiger partial charge in [-0.1, -0.05) is 19.8 Å². The van der Waals surface area contributed by atoms with Gasteiger partial charge in [-0.2, -0.15) is 0 Å². The van der Waals surface area contributed by atoms with Crippen LogP contribution in [0.3, 0.4) is 0 Å². The van der Waals surface area contributed by atoms with E-state index in [-0.39, 0.29) is 0 Å². The van der Waals surface area contributed by atoms with E-state index in [4.69, 9.17) is 5.21 Å². The maximum atomic E-state index is 9.44. The molecule has 0 aliphatic heterocycles. The molecular weight excluding hydrogens is 166 g/mol. The van der Waals surface area contributed by atoms with Crippen molar-refractivity contribution in [1.29, 1.82) is 0 Å². The van der Waals surface area contributed by atoms with Crippen molar-refractivity contribution >= 4 is 6.21 Å². The molecule has 0 rings (SSSR count). The van der Waals surface area contributed by atoms with Gasteiger partial charge < -0.3 is 10.3 Å². The van der Waals surface area contributed by atoms with Gasteiger partial charge in [-0.3, -0.25) is 0 Å². The summed E-state index contributed by atoms with van der Waals surface area (Å²) < 4.78 is 0. The summed E-state index contributed by atoms with van der Waals surface area (Å²) >= 11 is 0. The highest BCUT2D eigenvalue weighted by Gasteiger charge is 2.12. The molecule has 0 heterocycles. The number of hydrogen-bond acceptors (Lipinski definition) is 3. The minimum atomic E-state index is -0.551. The molecule has 0 amide bonds. The van der Waals surface area contributed by atoms with Gasteiger partial charge in [-0.15, -0.1) is 5.16 Å². The van der Waals surface area contributed by atoms with Gasteiger partial charge in [0.05, 0.1) is 5.60 Å². The zero-order chi connectivity index (χ0) is 10.3. The maximum Gasteiger partial charge on any atom is 0.0591 e. The van der Waals surface area contributed by atoms with Crippen LogP contribution in [0.2, 0.25) is 0 Å². The lowest BCUT2D eigenvalue weighted by molar-refractivity contribution is 0.0671. The van der Waals surface area contributed by atoms with Crippen molar-refractivity contribution in [1.82, 2.24) is 0 Å². The zero-order valence-corrected chi connectivity index (χ0v) is 8.82. The van der Waals surface area contributed by atoms with Crippen LogP contribution < -0.4 is 0 Å². The summed E-state index contributed by atoms with van der Waals surface area (Å²) in [5, 5.41) is 20.6. The quantitative estimate of drug-likeness (QED) is 0.381. The Hall–Kier alpha value is -0.570. The maximum absolute atomic E-state index is 9.44. The highest BCUT2D eigenvalue weighted by molar-refractivity contribution is 5.56. The van der Waals surface area contributed by atoms with E-state index in [1.807, 2.05) is 13.8 Å². The van der Waals surface area contributed by atoms with E-state index in [1.54, 1.807) is 0 Å². The fourth-order valence-corrected chi connectivity index (χ4v) is 1.23. The Kier molecular flexibility index (Phi) is 5.71. The minimum Gasteiger partial charge on any atom is -0.411 e. The van der Waals surface area contributed by atoms with Gasteiger partial charge in [0.2, 0.25) is 0 Å². The predicted octanol–water partition coefficient (Wildman–Crippen LogP) is 2.41. The van der Waals surface area contributed by atoms with Crippen LogP contribution in [0.4, 0.5) is 0 Å². The van der Waals surface area contributed by atoms with Crippen LogP contribution >= 0.6 is 0 Å². The van der Waals surface area contributed by atoms with Gasteiger partial charge in [-0.05, 0) is 32.6 Å². The molecule has 0 saturated carbocycles. The third-order valence-corrected chi connectivity index (χ3v) is 2.07. The van der Waals surface area contributed by atoms with Crippen molar-refractivity contribution in [2.24, 2.45) is 11.1 Å². The monoisotopic (exact) mass is 187 g/mol. The first-order chi connectivity index (χ1) is 5.95. The third-order valence-electron chi connectivity index (χ3n) is 2.07. The highest BCUT2D eigenvalue weighted by Crippen LogP contribution is 2.16. The normalized spacial score (nSPS) is 15.1. The smallest absolute Gasteiger partial charge is 0.0591 e. The van der Waals surface area contributed by atoms with E-state index >= 15 is 0 Å². The van der Waals surface area contributed by atoms with Crippen molar-refractivity contribution < 1.29 is 10.3 Å². The largest absolute Gasteiger partial charge is 0.411 e. The standard InChI is InChI=1S/C10H21NO2/c1-9(6-8-11-13)5-4-7-10(2,3)12/h8-9,12-13H,4-7H2,1-3H3/b11-8-/t9-/m0/s1. The molecule has 0 fully saturated rings. The van der Waals surface area contributed by atoms with Gasteiger partial charge >= 0.3 is 0 Å². The van der Waals surface area contributed by atoms with E-state index in [0.29, 0.717) is 5.92 Å². The molecule has 78 valence electrons. The number of rotatable bonds is 6. The molecule has 0 aromatic heterocycles. The lowest BCUT2D eigenvalue weighted by Gasteiger charge is -2.17. The molecule has 13 heavy (non-hydrogen) atoms. The van der Waals surface area contributed by atoms with Crippen molar-refractivity contribution in [3.05, 3.63) is 0 Å². The summed E-state index contributed by atoms with van der Waals surface area (Å²) in [6.45, 7) is 5.77. The Labute approximate surface area is 80.5 Å². The van der Waals surface area contributed by atoms with Crippen LogP contribution in [0.5, 0.6) is 0 Å². The molecule has 0 saturated heterocycles. The molecule has 0 aliphatic carbocycles. The Bertz CT molecular complexity index is 149. The molecule has 1 atom stereocenters. The Balaban J connectivity index is 3.42. The minimum absolute atomic E-state index is 0.526. The first-order valence-corrected chi connectivity index (χ1v) is 4.84. The van der Waals surface area contributed by atoms with Gasteiger partial charge in [0, 0.05) is 6.21 Å². The highest BCUT2D eigenvalue weighted by atomic mass is 16.4. The summed E-state index contributed by atoms with van der Waals surface area (Å²) in [5.74, 6) is 0.526. The van der Waals surface area contributed by atoms with E-state index in [0.717, 1.165) is 25.7 Å². The predicted molar refractivity (Wildman–Crippen MR) is 54.2 cm³/mol. The first kappa shape index (κ1) is 12.4. The van der Waals surface area contributed by atoms with Crippen LogP contribution in [0, 0.1) is 5.92 Å². The number of hydrogen-bond donors (Lipinski definition) is 2. The van der Waals surface area contributed by atoms with Crippen molar-refractivity contribution in [2.75, 3.05) is 0 Å². The number of nitrogens with zero attached hydrogens (tertiary/aromatic N) is 1. The molecule has 2 N–H and O–H groups in total. The van der Waals surface area contributed by atoms with Crippen LogP contribution in [0.1, 0.15) is 46.5 Å². The third kappa shape index (κ3) is 9.34. The molecule has 0 spiro atoms. The van der Waals surface area contributed by atoms with Crippen molar-refractivity contribution in [3.8, 4) is 0 Å². The molecule has 0 bridgehead atoms. The molecule has 0 aromatic rings. The molecule has 0 aromatic carbocycles. The van der Waals surface area contributed by atoms with Crippen LogP contribution in [-0.4, -0.2) is 22.1 Å². The Morgan fingerprint density at radius 2 is 2.08 bits per heavy atom. The van der Waals surface area contributed by atoms with E-state index in [9.17, 15) is 5.11 Å². The summed E-state index contributed by atoms with van der Waals surface area (Å²) in [7, 11) is 0. The molecule has 3 heteroatoms. The second-order valence-corrected chi connectivity index (χ2v) is 4.34. The van der Waals surface area contributed by atoms with E-state index < -0.39 is 5.60 Å². The van der Waals surface area contributed by atoms with Crippen LogP contribution in [0.25, 0.3) is 0 Å². The van der Waals surface area contributed by atoms with Crippen molar-refractivity contribution in [2.45, 2.75) is 52.1 Å². The lowest BCUT2D eigenvalue weighted by Crippen LogP contribution is -2.18. The second-order valence-electron chi connectivity index (χ2n) is 4.34. The van der Waals surface area contributed by atoms with Crippen LogP contribution in [0.15, 0.2) is 5.16 Å². The summed E-state index contributed by atoms with van der Waals surface area (Å²) in [4.78, 5) is 0. The zero-order valence-electron chi connectivity index (χ0n) is 8.82. The fourth-order valence-electron chi connectivity index (χ4n) is 1.23. The fraction of sp³-hybridized carbons (Fsp3) is 0.900. The van der Waals surface area contributed by atoms with Gasteiger partial charge in [0.15, 0.2) is 0 Å². The van der Waals surface area contributed by atoms with Crippen LogP contribution in [-0.2, 0) is 0 Å². The topological polar surface area (TPSA) is 52.8 Å². The Morgan fingerprint density at radius 1 is 1.46 bits per heavy atom. The van der Waals surface area contributed by atoms with Gasteiger partial charge in [0.1, 0.15) is 0 Å². The van der Waals surface area contributed by atoms with E-state index in [1.165, 1.54) is 6.21 Å². The number of oxime groups is 1. The van der Waals surface area contributed by atoms with E-state index in [2.05, 4.69) is 12.1 Å². The average Bonchev–Trinajstić information content (AvgIpc) is 1.98. The summed E-state index contributed by atoms with van der Waals surface area (Å²) in [6.07, 6.45) is 5.24. The summed E-state index contributed by atoms with van der Waals surface area (Å²) in [5.41, 5.74) is -0.551. The van der Waals surface area contributed by atoms with Gasteiger partial charge in [0.25, 0.3) is 0 Å². The molecule has 0 aliphatic rings. The second kappa shape index (κ2) is 5.97. The molecule has 0 unspecified atom stereocenters. The summed E-state index contributed by atoms with van der Waals surface area (Å²) in [6, 6.07) is 0.